The smallest absolute Gasteiger partial charge is 0.167 e. The Kier molecular flexibility index (Phi) is 3.08. The molecular weight excluding hydrogens is 236 g/mol. The molecule has 2 nitrogen and oxygen atoms in total. The van der Waals surface area contributed by atoms with Gasteiger partial charge in [0.25, 0.3) is 0 Å². The Bertz CT molecular complexity index is 612. The highest BCUT2D eigenvalue weighted by Crippen LogP contribution is 2.26. The van der Waals surface area contributed by atoms with E-state index in [1.54, 1.807) is 0 Å². The summed E-state index contributed by atoms with van der Waals surface area (Å²) >= 11 is 0. The van der Waals surface area contributed by atoms with Crippen molar-refractivity contribution in [2.45, 2.75) is 19.8 Å². The second-order valence-electron chi connectivity index (χ2n) is 5.01. The maximum absolute atomic E-state index is 12.3. The van der Waals surface area contributed by atoms with Crippen LogP contribution in [0.5, 0.6) is 5.75 Å². The molecule has 2 aromatic rings. The zero-order chi connectivity index (χ0) is 13.2. The van der Waals surface area contributed by atoms with E-state index in [4.69, 9.17) is 4.74 Å². The monoisotopic (exact) mass is 252 g/mol. The quantitative estimate of drug-likeness (QED) is 0.783. The number of ketones is 1. The lowest BCUT2D eigenvalue weighted by atomic mass is 10.00. The highest BCUT2D eigenvalue weighted by Gasteiger charge is 2.15. The average molecular weight is 252 g/mol. The molecule has 0 saturated heterocycles. The second kappa shape index (κ2) is 4.88. The van der Waals surface area contributed by atoms with Crippen LogP contribution in [0.1, 0.15) is 27.0 Å². The van der Waals surface area contributed by atoms with E-state index in [2.05, 4.69) is 0 Å². The van der Waals surface area contributed by atoms with E-state index in [-0.39, 0.29) is 5.78 Å². The molecule has 1 aliphatic rings. The van der Waals surface area contributed by atoms with Gasteiger partial charge in [0.2, 0.25) is 0 Å². The molecule has 0 atom stereocenters. The van der Waals surface area contributed by atoms with Crippen LogP contribution in [0.25, 0.3) is 0 Å². The minimum atomic E-state index is 0.165. The molecule has 0 unspecified atom stereocenters. The van der Waals surface area contributed by atoms with Crippen LogP contribution in [0.3, 0.4) is 0 Å². The number of aryl methyl sites for hydroxylation is 1. The lowest BCUT2D eigenvalue weighted by molar-refractivity contribution is 0.0993. The van der Waals surface area contributed by atoms with Crippen molar-refractivity contribution in [3.63, 3.8) is 0 Å². The first-order valence-corrected chi connectivity index (χ1v) is 6.57. The van der Waals surface area contributed by atoms with E-state index in [1.807, 2.05) is 49.4 Å². The zero-order valence-corrected chi connectivity index (χ0v) is 11.0. The summed E-state index contributed by atoms with van der Waals surface area (Å²) in [4.78, 5) is 12.3. The van der Waals surface area contributed by atoms with E-state index >= 15 is 0 Å². The minimum absolute atomic E-state index is 0.165. The SMILES string of the molecule is Cc1ccc(CC(=O)c2ccc3c(c2)CCO3)cc1. The molecule has 0 aromatic heterocycles. The molecule has 0 fully saturated rings. The molecular formula is C17H16O2. The summed E-state index contributed by atoms with van der Waals surface area (Å²) in [5.41, 5.74) is 4.21. The third kappa shape index (κ3) is 2.53. The van der Waals surface area contributed by atoms with Crippen molar-refractivity contribution in [1.82, 2.24) is 0 Å². The van der Waals surface area contributed by atoms with Gasteiger partial charge in [0, 0.05) is 18.4 Å². The number of benzene rings is 2. The third-order valence-electron chi connectivity index (χ3n) is 3.50. The summed E-state index contributed by atoms with van der Waals surface area (Å²) in [6.45, 7) is 2.77. The van der Waals surface area contributed by atoms with E-state index in [9.17, 15) is 4.79 Å². The number of rotatable bonds is 3. The Labute approximate surface area is 113 Å². The third-order valence-corrected chi connectivity index (χ3v) is 3.50. The Morgan fingerprint density at radius 1 is 1.16 bits per heavy atom. The first-order valence-electron chi connectivity index (χ1n) is 6.57. The molecule has 0 spiro atoms. The van der Waals surface area contributed by atoms with Gasteiger partial charge in [-0.3, -0.25) is 4.79 Å². The normalized spacial score (nSPS) is 12.9. The fourth-order valence-corrected chi connectivity index (χ4v) is 2.35. The highest BCUT2D eigenvalue weighted by molar-refractivity contribution is 5.97. The molecule has 2 heteroatoms. The Balaban J connectivity index is 1.78. The van der Waals surface area contributed by atoms with Crippen molar-refractivity contribution in [2.75, 3.05) is 6.61 Å². The lowest BCUT2D eigenvalue weighted by Crippen LogP contribution is -2.03. The topological polar surface area (TPSA) is 26.3 Å². The predicted octanol–water partition coefficient (Wildman–Crippen LogP) is 3.36. The maximum Gasteiger partial charge on any atom is 0.167 e. The second-order valence-corrected chi connectivity index (χ2v) is 5.01. The van der Waals surface area contributed by atoms with Crippen molar-refractivity contribution in [1.29, 1.82) is 0 Å². The molecule has 1 aliphatic heterocycles. The molecule has 0 amide bonds. The van der Waals surface area contributed by atoms with Gasteiger partial charge in [-0.1, -0.05) is 29.8 Å². The summed E-state index contributed by atoms with van der Waals surface area (Å²) < 4.78 is 5.45. The van der Waals surface area contributed by atoms with Crippen molar-refractivity contribution in [3.8, 4) is 5.75 Å². The van der Waals surface area contributed by atoms with E-state index in [0.29, 0.717) is 6.42 Å². The molecule has 3 rings (SSSR count). The standard InChI is InChI=1S/C17H16O2/c1-12-2-4-13(5-3-12)10-16(18)14-6-7-17-15(11-14)8-9-19-17/h2-7,11H,8-10H2,1H3. The molecule has 0 saturated carbocycles. The molecule has 19 heavy (non-hydrogen) atoms. The number of hydrogen-bond acceptors (Lipinski definition) is 2. The average Bonchev–Trinajstić information content (AvgIpc) is 2.88. The van der Waals surface area contributed by atoms with Crippen LogP contribution >= 0.6 is 0 Å². The summed E-state index contributed by atoms with van der Waals surface area (Å²) in [5, 5.41) is 0. The first kappa shape index (κ1) is 12.0. The molecule has 0 aliphatic carbocycles. The molecule has 0 bridgehead atoms. The van der Waals surface area contributed by atoms with Gasteiger partial charge >= 0.3 is 0 Å². The van der Waals surface area contributed by atoms with Gasteiger partial charge in [-0.15, -0.1) is 0 Å². The van der Waals surface area contributed by atoms with Gasteiger partial charge in [0.05, 0.1) is 6.61 Å². The highest BCUT2D eigenvalue weighted by atomic mass is 16.5. The van der Waals surface area contributed by atoms with Gasteiger partial charge in [-0.25, -0.2) is 0 Å². The summed E-state index contributed by atoms with van der Waals surface area (Å²) in [5.74, 6) is 1.09. The fraction of sp³-hybridized carbons (Fsp3) is 0.235. The van der Waals surface area contributed by atoms with Crippen LogP contribution in [0.15, 0.2) is 42.5 Å². The molecule has 0 radical (unpaired) electrons. The molecule has 1 heterocycles. The van der Waals surface area contributed by atoms with Gasteiger partial charge < -0.3 is 4.74 Å². The summed E-state index contributed by atoms with van der Waals surface area (Å²) in [6, 6.07) is 13.9. The van der Waals surface area contributed by atoms with Gasteiger partial charge in [-0.05, 0) is 36.2 Å². The Hall–Kier alpha value is -2.09. The van der Waals surface area contributed by atoms with Crippen LogP contribution in [-0.4, -0.2) is 12.4 Å². The number of carbonyl (C=O) groups excluding carboxylic acids is 1. The van der Waals surface area contributed by atoms with Crippen molar-refractivity contribution in [2.24, 2.45) is 0 Å². The van der Waals surface area contributed by atoms with Crippen molar-refractivity contribution >= 4 is 5.78 Å². The predicted molar refractivity (Wildman–Crippen MR) is 74.9 cm³/mol. The summed E-state index contributed by atoms with van der Waals surface area (Å²) in [6.07, 6.45) is 1.36. The summed E-state index contributed by atoms with van der Waals surface area (Å²) in [7, 11) is 0. The maximum atomic E-state index is 12.3. The van der Waals surface area contributed by atoms with Crippen LogP contribution in [-0.2, 0) is 12.8 Å². The molecule has 0 N–H and O–H groups in total. The van der Waals surface area contributed by atoms with Crippen LogP contribution in [0.2, 0.25) is 0 Å². The van der Waals surface area contributed by atoms with Gasteiger partial charge in [0.15, 0.2) is 5.78 Å². The van der Waals surface area contributed by atoms with Crippen LogP contribution < -0.4 is 4.74 Å². The van der Waals surface area contributed by atoms with Crippen LogP contribution in [0.4, 0.5) is 0 Å². The lowest BCUT2D eigenvalue weighted by Gasteiger charge is -2.04. The number of Topliss-reactive ketones (excluding diaryl/α,β-unsaturated/α-hetero) is 1. The van der Waals surface area contributed by atoms with E-state index in [0.717, 1.165) is 35.5 Å². The number of carbonyl (C=O) groups is 1. The largest absolute Gasteiger partial charge is 0.493 e. The van der Waals surface area contributed by atoms with E-state index < -0.39 is 0 Å². The number of ether oxygens (including phenoxy) is 1. The number of fused-ring (bicyclic) bond motifs is 1. The van der Waals surface area contributed by atoms with Crippen molar-refractivity contribution < 1.29 is 9.53 Å². The molecule has 96 valence electrons. The van der Waals surface area contributed by atoms with Gasteiger partial charge in [-0.2, -0.15) is 0 Å². The van der Waals surface area contributed by atoms with Crippen LogP contribution in [0, 0.1) is 6.92 Å². The van der Waals surface area contributed by atoms with Crippen molar-refractivity contribution in [3.05, 3.63) is 64.7 Å². The first-order chi connectivity index (χ1) is 9.22. The zero-order valence-electron chi connectivity index (χ0n) is 11.0. The van der Waals surface area contributed by atoms with E-state index in [1.165, 1.54) is 5.56 Å². The van der Waals surface area contributed by atoms with Gasteiger partial charge in [0.1, 0.15) is 5.75 Å². The fourth-order valence-electron chi connectivity index (χ4n) is 2.35. The number of hydrogen-bond donors (Lipinski definition) is 0. The molecule has 2 aromatic carbocycles. The Morgan fingerprint density at radius 3 is 2.74 bits per heavy atom. The Morgan fingerprint density at radius 2 is 1.95 bits per heavy atom. The minimum Gasteiger partial charge on any atom is -0.493 e.